The number of benzene rings is 1. The Morgan fingerprint density at radius 2 is 2.31 bits per heavy atom. The number of ketones is 1. The number of rotatable bonds is 3. The summed E-state index contributed by atoms with van der Waals surface area (Å²) >= 11 is 1.64. The van der Waals surface area contributed by atoms with E-state index < -0.39 is 4.92 Å². The Balaban J connectivity index is 2.22. The minimum Gasteiger partial charge on any atom is -0.293 e. The Morgan fingerprint density at radius 1 is 1.50 bits per heavy atom. The SMILES string of the molecule is O=C(c1cccc([N+](=O)[O-])c1)C1CCCS1. The number of carbonyl (C=O) groups excluding carboxylic acids is 1. The Bertz CT molecular complexity index is 427. The molecule has 4 nitrogen and oxygen atoms in total. The average molecular weight is 237 g/mol. The molecular formula is C11H11NO3S. The molecule has 84 valence electrons. The van der Waals surface area contributed by atoms with E-state index in [0.717, 1.165) is 18.6 Å². The van der Waals surface area contributed by atoms with Crippen LogP contribution in [0.1, 0.15) is 23.2 Å². The van der Waals surface area contributed by atoms with Gasteiger partial charge in [0, 0.05) is 17.7 Å². The third-order valence-corrected chi connectivity index (χ3v) is 3.94. The smallest absolute Gasteiger partial charge is 0.270 e. The van der Waals surface area contributed by atoms with E-state index in [1.807, 2.05) is 0 Å². The lowest BCUT2D eigenvalue weighted by Crippen LogP contribution is -2.14. The quantitative estimate of drug-likeness (QED) is 0.460. The molecule has 0 aliphatic carbocycles. The monoisotopic (exact) mass is 237 g/mol. The van der Waals surface area contributed by atoms with Crippen LogP contribution in [0.5, 0.6) is 0 Å². The summed E-state index contributed by atoms with van der Waals surface area (Å²) < 4.78 is 0. The van der Waals surface area contributed by atoms with Gasteiger partial charge in [-0.2, -0.15) is 11.8 Å². The van der Waals surface area contributed by atoms with Crippen LogP contribution in [0.3, 0.4) is 0 Å². The minimum atomic E-state index is -0.474. The van der Waals surface area contributed by atoms with Crippen LogP contribution in [-0.4, -0.2) is 21.7 Å². The minimum absolute atomic E-state index is 0.0120. The number of non-ortho nitro benzene ring substituents is 1. The van der Waals surface area contributed by atoms with Crippen LogP contribution in [0.2, 0.25) is 0 Å². The molecule has 1 aromatic rings. The maximum absolute atomic E-state index is 12.0. The molecule has 1 aliphatic heterocycles. The van der Waals surface area contributed by atoms with Crippen molar-refractivity contribution in [3.63, 3.8) is 0 Å². The zero-order valence-corrected chi connectivity index (χ0v) is 9.40. The molecule has 0 aromatic heterocycles. The van der Waals surface area contributed by atoms with Crippen LogP contribution in [0.25, 0.3) is 0 Å². The fraction of sp³-hybridized carbons (Fsp3) is 0.364. The lowest BCUT2D eigenvalue weighted by atomic mass is 10.1. The highest BCUT2D eigenvalue weighted by Gasteiger charge is 2.25. The van der Waals surface area contributed by atoms with Crippen LogP contribution in [0.4, 0.5) is 5.69 Å². The first-order valence-corrected chi connectivity index (χ1v) is 6.13. The van der Waals surface area contributed by atoms with Crippen LogP contribution in [0, 0.1) is 10.1 Å². The van der Waals surface area contributed by atoms with Crippen molar-refractivity contribution in [1.29, 1.82) is 0 Å². The van der Waals surface area contributed by atoms with Crippen LogP contribution >= 0.6 is 11.8 Å². The van der Waals surface area contributed by atoms with Crippen molar-refractivity contribution in [1.82, 2.24) is 0 Å². The van der Waals surface area contributed by atoms with Gasteiger partial charge in [-0.15, -0.1) is 0 Å². The van der Waals surface area contributed by atoms with Crippen molar-refractivity contribution in [3.8, 4) is 0 Å². The number of nitro benzene ring substituents is 1. The lowest BCUT2D eigenvalue weighted by molar-refractivity contribution is -0.384. The third-order valence-electron chi connectivity index (χ3n) is 2.56. The van der Waals surface area contributed by atoms with E-state index >= 15 is 0 Å². The maximum Gasteiger partial charge on any atom is 0.270 e. The molecule has 16 heavy (non-hydrogen) atoms. The molecule has 1 fully saturated rings. The van der Waals surface area contributed by atoms with E-state index in [4.69, 9.17) is 0 Å². The predicted octanol–water partition coefficient (Wildman–Crippen LogP) is 2.67. The van der Waals surface area contributed by atoms with Crippen molar-refractivity contribution < 1.29 is 9.72 Å². The predicted molar refractivity (Wildman–Crippen MR) is 62.9 cm³/mol. The summed E-state index contributed by atoms with van der Waals surface area (Å²) in [4.78, 5) is 22.1. The Hall–Kier alpha value is -1.36. The summed E-state index contributed by atoms with van der Waals surface area (Å²) in [5.41, 5.74) is 0.433. The molecule has 1 aliphatic rings. The molecule has 0 amide bonds. The van der Waals surface area contributed by atoms with Crippen molar-refractivity contribution in [2.45, 2.75) is 18.1 Å². The highest BCUT2D eigenvalue weighted by atomic mass is 32.2. The molecule has 0 bridgehead atoms. The average Bonchev–Trinajstić information content (AvgIpc) is 2.81. The summed E-state index contributed by atoms with van der Waals surface area (Å²) in [6.45, 7) is 0. The maximum atomic E-state index is 12.0. The molecular weight excluding hydrogens is 226 g/mol. The molecule has 5 heteroatoms. The first-order chi connectivity index (χ1) is 7.68. The van der Waals surface area contributed by atoms with E-state index in [2.05, 4.69) is 0 Å². The second-order valence-corrected chi connectivity index (χ2v) is 4.98. The summed E-state index contributed by atoms with van der Waals surface area (Å²) in [6.07, 6.45) is 1.93. The first-order valence-electron chi connectivity index (χ1n) is 5.09. The highest BCUT2D eigenvalue weighted by molar-refractivity contribution is 8.00. The van der Waals surface area contributed by atoms with E-state index in [9.17, 15) is 14.9 Å². The molecule has 0 N–H and O–H groups in total. The van der Waals surface area contributed by atoms with E-state index in [0.29, 0.717) is 5.56 Å². The number of nitrogens with zero attached hydrogens (tertiary/aromatic N) is 1. The summed E-state index contributed by atoms with van der Waals surface area (Å²) in [7, 11) is 0. The van der Waals surface area contributed by atoms with Crippen molar-refractivity contribution >= 4 is 23.2 Å². The number of carbonyl (C=O) groups is 1. The Labute approximate surface area is 97.2 Å². The van der Waals surface area contributed by atoms with Crippen molar-refractivity contribution in [3.05, 3.63) is 39.9 Å². The van der Waals surface area contributed by atoms with Gasteiger partial charge in [-0.3, -0.25) is 14.9 Å². The molecule has 1 atom stereocenters. The molecule has 1 unspecified atom stereocenters. The summed E-state index contributed by atoms with van der Waals surface area (Å²) in [6, 6.07) is 5.97. The van der Waals surface area contributed by atoms with Gasteiger partial charge in [-0.25, -0.2) is 0 Å². The van der Waals surface area contributed by atoms with Gasteiger partial charge in [0.25, 0.3) is 5.69 Å². The van der Waals surface area contributed by atoms with Gasteiger partial charge in [-0.1, -0.05) is 12.1 Å². The fourth-order valence-corrected chi connectivity index (χ4v) is 2.98. The Morgan fingerprint density at radius 3 is 2.94 bits per heavy atom. The normalized spacial score (nSPS) is 19.6. The number of thioether (sulfide) groups is 1. The van der Waals surface area contributed by atoms with Crippen molar-refractivity contribution in [2.24, 2.45) is 0 Å². The zero-order valence-electron chi connectivity index (χ0n) is 8.59. The molecule has 2 rings (SSSR count). The standard InChI is InChI=1S/C11H11NO3S/c13-11(10-5-2-6-16-10)8-3-1-4-9(7-8)12(14)15/h1,3-4,7,10H,2,5-6H2. The Kier molecular flexibility index (Phi) is 3.24. The number of hydrogen-bond donors (Lipinski definition) is 0. The number of nitro groups is 1. The highest BCUT2D eigenvalue weighted by Crippen LogP contribution is 2.29. The second-order valence-electron chi connectivity index (χ2n) is 3.67. The van der Waals surface area contributed by atoms with Gasteiger partial charge in [0.1, 0.15) is 0 Å². The molecule has 1 aromatic carbocycles. The van der Waals surface area contributed by atoms with E-state index in [-0.39, 0.29) is 16.7 Å². The van der Waals surface area contributed by atoms with Crippen LogP contribution in [0.15, 0.2) is 24.3 Å². The molecule has 0 radical (unpaired) electrons. The van der Waals surface area contributed by atoms with E-state index in [1.54, 1.807) is 23.9 Å². The van der Waals surface area contributed by atoms with Gasteiger partial charge < -0.3 is 0 Å². The van der Waals surface area contributed by atoms with E-state index in [1.165, 1.54) is 12.1 Å². The zero-order chi connectivity index (χ0) is 11.5. The molecule has 0 saturated carbocycles. The summed E-state index contributed by atoms with van der Waals surface area (Å²) in [5, 5.41) is 10.6. The van der Waals surface area contributed by atoms with Gasteiger partial charge in [0.15, 0.2) is 5.78 Å². The van der Waals surface area contributed by atoms with Crippen LogP contribution in [-0.2, 0) is 0 Å². The number of hydrogen-bond acceptors (Lipinski definition) is 4. The fourth-order valence-electron chi connectivity index (χ4n) is 1.74. The molecule has 0 spiro atoms. The number of Topliss-reactive ketones (excluding diaryl/α,β-unsaturated/α-hetero) is 1. The van der Waals surface area contributed by atoms with Crippen molar-refractivity contribution in [2.75, 3.05) is 5.75 Å². The third kappa shape index (κ3) is 2.24. The summed E-state index contributed by atoms with van der Waals surface area (Å²) in [5.74, 6) is 1.02. The second kappa shape index (κ2) is 4.65. The topological polar surface area (TPSA) is 60.2 Å². The first kappa shape index (κ1) is 11.1. The molecule has 1 saturated heterocycles. The van der Waals surface area contributed by atoms with Gasteiger partial charge in [0.05, 0.1) is 10.2 Å². The van der Waals surface area contributed by atoms with Crippen LogP contribution < -0.4 is 0 Å². The van der Waals surface area contributed by atoms with Gasteiger partial charge >= 0.3 is 0 Å². The largest absolute Gasteiger partial charge is 0.293 e. The van der Waals surface area contributed by atoms with Gasteiger partial charge in [-0.05, 0) is 18.6 Å². The molecule has 1 heterocycles. The van der Waals surface area contributed by atoms with Gasteiger partial charge in [0.2, 0.25) is 0 Å². The lowest BCUT2D eigenvalue weighted by Gasteiger charge is -2.06.